The average molecular weight is 270 g/mol. The maximum Gasteiger partial charge on any atom is 0.208 e. The Labute approximate surface area is 96.6 Å². The second-order valence-electron chi connectivity index (χ2n) is 2.89. The molecule has 1 aromatic rings. The molecule has 0 aliphatic heterocycles. The Hall–Kier alpha value is -1.56. The van der Waals surface area contributed by atoms with Crippen LogP contribution >= 0.6 is 16.1 Å². The second-order valence-corrected chi connectivity index (χ2v) is 3.75. The van der Waals surface area contributed by atoms with Gasteiger partial charge in [-0.15, -0.1) is 0 Å². The largest absolute Gasteiger partial charge is 0.370 e. The highest BCUT2D eigenvalue weighted by Gasteiger charge is 2.06. The van der Waals surface area contributed by atoms with E-state index >= 15 is 0 Å². The van der Waals surface area contributed by atoms with Crippen molar-refractivity contribution in [2.75, 3.05) is 0 Å². The Balaban J connectivity index is 2.52. The van der Waals surface area contributed by atoms with Gasteiger partial charge in [-0.25, -0.2) is 0 Å². The normalized spacial score (nSPS) is 9.40. The summed E-state index contributed by atoms with van der Waals surface area (Å²) in [5, 5.41) is 16.9. The zero-order valence-corrected chi connectivity index (χ0v) is 9.58. The maximum atomic E-state index is 7.52. The van der Waals surface area contributed by atoms with Gasteiger partial charge in [0.2, 0.25) is 5.96 Å². The van der Waals surface area contributed by atoms with Crippen molar-refractivity contribution >= 4 is 28.1 Å². The van der Waals surface area contributed by atoms with E-state index in [1.165, 1.54) is 3.93 Å². The van der Waals surface area contributed by atoms with Crippen molar-refractivity contribution in [3.63, 3.8) is 0 Å². The Kier molecular flexibility index (Phi) is 4.11. The zero-order chi connectivity index (χ0) is 11.3. The minimum atomic E-state index is -0.252. The van der Waals surface area contributed by atoms with E-state index in [2.05, 4.69) is 21.5 Å². The first-order valence-electron chi connectivity index (χ1n) is 4.26. The molecule has 0 aliphatic rings. The quantitative estimate of drug-likeness (QED) is 0.370. The number of halogens is 1. The van der Waals surface area contributed by atoms with Crippen LogP contribution in [0.15, 0.2) is 30.3 Å². The highest BCUT2D eigenvalue weighted by atomic mass is 79.9. The lowest BCUT2D eigenvalue weighted by Gasteiger charge is -2.17. The molecule has 1 rings (SSSR count). The molecule has 5 nitrogen and oxygen atoms in total. The number of guanidine groups is 2. The van der Waals surface area contributed by atoms with Crippen LogP contribution in [-0.4, -0.2) is 15.8 Å². The van der Waals surface area contributed by atoms with Crippen molar-refractivity contribution in [1.29, 1.82) is 10.8 Å². The van der Waals surface area contributed by atoms with Crippen molar-refractivity contribution in [2.24, 2.45) is 5.73 Å². The molecule has 0 fully saturated rings. The standard InChI is InChI=1S/C9H12BrN5/c10-15(9(13)14-8(11)12)6-7-4-2-1-3-5-7/h1-5H,6H2,(H5,11,12,13,14). The monoisotopic (exact) mass is 269 g/mol. The van der Waals surface area contributed by atoms with E-state index in [4.69, 9.17) is 16.6 Å². The molecule has 0 radical (unpaired) electrons. The predicted molar refractivity (Wildman–Crippen MR) is 63.7 cm³/mol. The molecule has 5 N–H and O–H groups in total. The van der Waals surface area contributed by atoms with Gasteiger partial charge in [0.05, 0.1) is 22.7 Å². The van der Waals surface area contributed by atoms with Crippen molar-refractivity contribution < 1.29 is 0 Å². The first kappa shape index (κ1) is 11.5. The zero-order valence-electron chi connectivity index (χ0n) is 8.00. The van der Waals surface area contributed by atoms with Crippen molar-refractivity contribution in [2.45, 2.75) is 6.54 Å². The van der Waals surface area contributed by atoms with Crippen molar-refractivity contribution in [1.82, 2.24) is 9.24 Å². The SMILES string of the molecule is N=C(N)NC(=N)N(Br)Cc1ccccc1. The van der Waals surface area contributed by atoms with E-state index in [0.717, 1.165) is 5.56 Å². The van der Waals surface area contributed by atoms with Gasteiger partial charge < -0.3 is 5.73 Å². The van der Waals surface area contributed by atoms with E-state index in [9.17, 15) is 0 Å². The molecule has 0 aliphatic carbocycles. The number of nitrogens with two attached hydrogens (primary N) is 1. The van der Waals surface area contributed by atoms with Gasteiger partial charge in [-0.1, -0.05) is 30.3 Å². The lowest BCUT2D eigenvalue weighted by Crippen LogP contribution is -2.41. The molecule has 0 heterocycles. The van der Waals surface area contributed by atoms with Crippen LogP contribution in [0.4, 0.5) is 0 Å². The van der Waals surface area contributed by atoms with Gasteiger partial charge >= 0.3 is 0 Å². The summed E-state index contributed by atoms with van der Waals surface area (Å²) in [5.74, 6) is -0.219. The molecule has 0 saturated carbocycles. The van der Waals surface area contributed by atoms with Crippen LogP contribution in [0.2, 0.25) is 0 Å². The van der Waals surface area contributed by atoms with Crippen LogP contribution in [0.3, 0.4) is 0 Å². The van der Waals surface area contributed by atoms with E-state index in [-0.39, 0.29) is 11.9 Å². The van der Waals surface area contributed by atoms with Gasteiger partial charge in [0.1, 0.15) is 0 Å². The van der Waals surface area contributed by atoms with Crippen LogP contribution < -0.4 is 11.1 Å². The molecule has 80 valence electrons. The van der Waals surface area contributed by atoms with Gasteiger partial charge in [0, 0.05) is 0 Å². The van der Waals surface area contributed by atoms with Gasteiger partial charge in [-0.3, -0.25) is 20.1 Å². The second kappa shape index (κ2) is 5.35. The predicted octanol–water partition coefficient (Wildman–Crippen LogP) is 1.22. The minimum absolute atomic E-state index is 0.0337. The summed E-state index contributed by atoms with van der Waals surface area (Å²) >= 11 is 3.20. The average Bonchev–Trinajstić information content (AvgIpc) is 2.18. The first-order chi connectivity index (χ1) is 7.09. The van der Waals surface area contributed by atoms with E-state index in [1.807, 2.05) is 30.3 Å². The van der Waals surface area contributed by atoms with Gasteiger partial charge in [-0.2, -0.15) is 0 Å². The van der Waals surface area contributed by atoms with Crippen LogP contribution in [0.1, 0.15) is 5.56 Å². The Morgan fingerprint density at radius 2 is 1.93 bits per heavy atom. The van der Waals surface area contributed by atoms with Crippen LogP contribution in [0.25, 0.3) is 0 Å². The summed E-state index contributed by atoms with van der Waals surface area (Å²) in [6.45, 7) is 0.528. The molecule has 0 unspecified atom stereocenters. The minimum Gasteiger partial charge on any atom is -0.370 e. The summed E-state index contributed by atoms with van der Waals surface area (Å²) in [6.07, 6.45) is 0. The lowest BCUT2D eigenvalue weighted by molar-refractivity contribution is 0.668. The number of benzene rings is 1. The number of nitrogens with zero attached hydrogens (tertiary/aromatic N) is 1. The van der Waals surface area contributed by atoms with Gasteiger partial charge in [0.25, 0.3) is 0 Å². The summed E-state index contributed by atoms with van der Waals surface area (Å²) < 4.78 is 1.49. The number of nitrogens with one attached hydrogen (secondary N) is 3. The first-order valence-corrected chi connectivity index (χ1v) is 4.97. The molecule has 0 atom stereocenters. The summed E-state index contributed by atoms with van der Waals surface area (Å²) in [5.41, 5.74) is 6.17. The van der Waals surface area contributed by atoms with Gasteiger partial charge in [-0.05, 0) is 5.56 Å². The smallest absolute Gasteiger partial charge is 0.208 e. The third-order valence-corrected chi connectivity index (χ3v) is 2.27. The highest BCUT2D eigenvalue weighted by molar-refractivity contribution is 9.07. The third kappa shape index (κ3) is 3.99. The fourth-order valence-electron chi connectivity index (χ4n) is 1.01. The fraction of sp³-hybridized carbons (Fsp3) is 0.111. The molecule has 6 heteroatoms. The molecule has 0 spiro atoms. The van der Waals surface area contributed by atoms with Gasteiger partial charge in [0.15, 0.2) is 5.96 Å². The molecular formula is C9H12BrN5. The van der Waals surface area contributed by atoms with E-state index in [1.54, 1.807) is 0 Å². The van der Waals surface area contributed by atoms with Crippen LogP contribution in [-0.2, 0) is 6.54 Å². The molecule has 1 aromatic carbocycles. The highest BCUT2D eigenvalue weighted by Crippen LogP contribution is 2.07. The Morgan fingerprint density at radius 3 is 2.47 bits per heavy atom. The van der Waals surface area contributed by atoms with Crippen LogP contribution in [0.5, 0.6) is 0 Å². The topological polar surface area (TPSA) is 89.0 Å². The van der Waals surface area contributed by atoms with Crippen molar-refractivity contribution in [3.05, 3.63) is 35.9 Å². The Morgan fingerprint density at radius 1 is 1.33 bits per heavy atom. The molecular weight excluding hydrogens is 258 g/mol. The molecule has 0 amide bonds. The lowest BCUT2D eigenvalue weighted by atomic mass is 10.2. The number of hydrogen-bond acceptors (Lipinski definition) is 2. The molecule has 0 saturated heterocycles. The van der Waals surface area contributed by atoms with E-state index in [0.29, 0.717) is 6.54 Å². The molecule has 0 bridgehead atoms. The van der Waals surface area contributed by atoms with E-state index < -0.39 is 0 Å². The maximum absolute atomic E-state index is 7.52. The molecule has 0 aromatic heterocycles. The number of hydrogen-bond donors (Lipinski definition) is 4. The van der Waals surface area contributed by atoms with Crippen LogP contribution in [0, 0.1) is 10.8 Å². The summed E-state index contributed by atoms with van der Waals surface area (Å²) in [6, 6.07) is 9.70. The molecule has 15 heavy (non-hydrogen) atoms. The summed E-state index contributed by atoms with van der Waals surface area (Å²) in [4.78, 5) is 0. The third-order valence-electron chi connectivity index (χ3n) is 1.66. The van der Waals surface area contributed by atoms with Crippen molar-refractivity contribution in [3.8, 4) is 0 Å². The fourth-order valence-corrected chi connectivity index (χ4v) is 1.39. The summed E-state index contributed by atoms with van der Waals surface area (Å²) in [7, 11) is 0. The Bertz CT molecular complexity index is 351. The number of rotatable bonds is 2.